The first-order valence-electron chi connectivity index (χ1n) is 9.61. The van der Waals surface area contributed by atoms with Crippen molar-refractivity contribution in [2.45, 2.75) is 50.4 Å². The molecule has 4 atom stereocenters. The molecule has 2 aromatic rings. The summed E-state index contributed by atoms with van der Waals surface area (Å²) in [7, 11) is 0. The molecule has 0 spiro atoms. The standard InChI is InChI=1S/C21H26N4O4/c1-13(22)20(27)24-16-6-4-14(5-7-16)11-17-8-9-18(25(17)21(28)29)19(26)15-3-2-10-23-12-15/h2-7,10,12-13,17-19,26H,8-9,11,22H2,1H3,(H,24,27)(H,28,29)/t13-,17-,18+,19+/m0/s1. The summed E-state index contributed by atoms with van der Waals surface area (Å²) >= 11 is 0. The van der Waals surface area contributed by atoms with E-state index in [0.717, 1.165) is 5.56 Å². The van der Waals surface area contributed by atoms with Gasteiger partial charge in [-0.15, -0.1) is 0 Å². The van der Waals surface area contributed by atoms with Crippen molar-refractivity contribution in [1.82, 2.24) is 9.88 Å². The third-order valence-electron chi connectivity index (χ3n) is 5.26. The zero-order valence-corrected chi connectivity index (χ0v) is 16.2. The number of nitrogens with two attached hydrogens (primary N) is 1. The van der Waals surface area contributed by atoms with E-state index in [2.05, 4.69) is 10.3 Å². The number of pyridine rings is 1. The molecule has 3 rings (SSSR count). The fourth-order valence-corrected chi connectivity index (χ4v) is 3.75. The highest BCUT2D eigenvalue weighted by atomic mass is 16.4. The molecule has 0 unspecified atom stereocenters. The van der Waals surface area contributed by atoms with E-state index in [9.17, 15) is 19.8 Å². The molecule has 1 aromatic carbocycles. The van der Waals surface area contributed by atoms with Gasteiger partial charge in [-0.3, -0.25) is 14.7 Å². The second-order valence-electron chi connectivity index (χ2n) is 7.40. The van der Waals surface area contributed by atoms with Gasteiger partial charge in [0.1, 0.15) is 6.10 Å². The van der Waals surface area contributed by atoms with E-state index < -0.39 is 24.3 Å². The number of nitrogens with zero attached hydrogens (tertiary/aromatic N) is 2. The molecule has 5 N–H and O–H groups in total. The Labute approximate surface area is 169 Å². The third-order valence-corrected chi connectivity index (χ3v) is 5.26. The number of amides is 2. The van der Waals surface area contributed by atoms with Crippen molar-refractivity contribution < 1.29 is 19.8 Å². The van der Waals surface area contributed by atoms with E-state index in [4.69, 9.17) is 5.73 Å². The smallest absolute Gasteiger partial charge is 0.407 e. The number of carbonyl (C=O) groups is 2. The van der Waals surface area contributed by atoms with Gasteiger partial charge in [0.25, 0.3) is 0 Å². The number of nitrogens with one attached hydrogen (secondary N) is 1. The molecule has 154 valence electrons. The second kappa shape index (κ2) is 9.02. The predicted molar refractivity (Wildman–Crippen MR) is 108 cm³/mol. The van der Waals surface area contributed by atoms with Gasteiger partial charge in [-0.05, 0) is 49.9 Å². The van der Waals surface area contributed by atoms with Crippen molar-refractivity contribution in [2.75, 3.05) is 5.32 Å². The molecule has 0 bridgehead atoms. The predicted octanol–water partition coefficient (Wildman–Crippen LogP) is 2.15. The Morgan fingerprint density at radius 3 is 2.59 bits per heavy atom. The molecule has 29 heavy (non-hydrogen) atoms. The molecular weight excluding hydrogens is 372 g/mol. The van der Waals surface area contributed by atoms with E-state index in [1.165, 1.54) is 4.90 Å². The average molecular weight is 398 g/mol. The Balaban J connectivity index is 1.69. The largest absolute Gasteiger partial charge is 0.465 e. The number of hydrogen-bond acceptors (Lipinski definition) is 5. The maximum absolute atomic E-state index is 11.9. The van der Waals surface area contributed by atoms with Gasteiger partial charge in [0, 0.05) is 29.7 Å². The first-order chi connectivity index (χ1) is 13.9. The first-order valence-corrected chi connectivity index (χ1v) is 9.61. The van der Waals surface area contributed by atoms with Crippen molar-refractivity contribution in [3.05, 3.63) is 59.9 Å². The minimum atomic E-state index is -1.04. The SMILES string of the molecule is C[C@H](N)C(=O)Nc1ccc(C[C@@H]2CC[C@H]([C@H](O)c3cccnc3)N2C(=O)O)cc1. The molecule has 1 aliphatic rings. The lowest BCUT2D eigenvalue weighted by molar-refractivity contribution is -0.117. The summed E-state index contributed by atoms with van der Waals surface area (Å²) in [6.07, 6.45) is 3.00. The Kier molecular flexibility index (Phi) is 6.46. The Bertz CT molecular complexity index is 842. The average Bonchev–Trinajstić information content (AvgIpc) is 3.13. The van der Waals surface area contributed by atoms with E-state index >= 15 is 0 Å². The van der Waals surface area contributed by atoms with Crippen molar-refractivity contribution >= 4 is 17.7 Å². The van der Waals surface area contributed by atoms with Gasteiger partial charge >= 0.3 is 6.09 Å². The van der Waals surface area contributed by atoms with Crippen LogP contribution in [-0.4, -0.2) is 50.2 Å². The van der Waals surface area contributed by atoms with Gasteiger partial charge in [-0.1, -0.05) is 18.2 Å². The number of carboxylic acid groups (broad SMARTS) is 1. The molecule has 0 aliphatic carbocycles. The van der Waals surface area contributed by atoms with Gasteiger partial charge in [-0.2, -0.15) is 0 Å². The van der Waals surface area contributed by atoms with Gasteiger partial charge < -0.3 is 21.3 Å². The van der Waals surface area contributed by atoms with Crippen LogP contribution in [0, 0.1) is 0 Å². The van der Waals surface area contributed by atoms with Crippen molar-refractivity contribution in [1.29, 1.82) is 0 Å². The second-order valence-corrected chi connectivity index (χ2v) is 7.40. The van der Waals surface area contributed by atoms with Crippen molar-refractivity contribution in [2.24, 2.45) is 5.73 Å². The molecular formula is C21H26N4O4. The van der Waals surface area contributed by atoms with Crippen molar-refractivity contribution in [3.8, 4) is 0 Å². The summed E-state index contributed by atoms with van der Waals surface area (Å²) in [4.78, 5) is 29.0. The Morgan fingerprint density at radius 1 is 1.28 bits per heavy atom. The zero-order valence-electron chi connectivity index (χ0n) is 16.2. The number of anilines is 1. The van der Waals surface area contributed by atoms with Gasteiger partial charge in [-0.25, -0.2) is 4.79 Å². The number of hydrogen-bond donors (Lipinski definition) is 4. The van der Waals surface area contributed by atoms with Gasteiger partial charge in [0.15, 0.2) is 0 Å². The lowest BCUT2D eigenvalue weighted by Crippen LogP contribution is -2.44. The zero-order chi connectivity index (χ0) is 21.0. The molecule has 8 heteroatoms. The van der Waals surface area contributed by atoms with E-state index in [1.54, 1.807) is 43.6 Å². The van der Waals surface area contributed by atoms with Crippen LogP contribution in [0.1, 0.15) is 37.0 Å². The quantitative estimate of drug-likeness (QED) is 0.590. The maximum Gasteiger partial charge on any atom is 0.407 e. The van der Waals surface area contributed by atoms with Crippen LogP contribution in [-0.2, 0) is 11.2 Å². The Morgan fingerprint density at radius 2 is 2.00 bits per heavy atom. The van der Waals surface area contributed by atoms with E-state index in [1.807, 2.05) is 12.1 Å². The van der Waals surface area contributed by atoms with Crippen LogP contribution in [0.5, 0.6) is 0 Å². The maximum atomic E-state index is 11.9. The summed E-state index contributed by atoms with van der Waals surface area (Å²) in [6.45, 7) is 1.61. The lowest BCUT2D eigenvalue weighted by Gasteiger charge is -2.30. The molecule has 0 saturated carbocycles. The van der Waals surface area contributed by atoms with Gasteiger partial charge in [0.2, 0.25) is 5.91 Å². The molecule has 1 saturated heterocycles. The minimum absolute atomic E-state index is 0.228. The summed E-state index contributed by atoms with van der Waals surface area (Å²) in [5.41, 5.74) is 7.75. The summed E-state index contributed by atoms with van der Waals surface area (Å²) in [5.74, 6) is -0.266. The normalized spacial score (nSPS) is 20.9. The number of benzene rings is 1. The van der Waals surface area contributed by atoms with Crippen LogP contribution < -0.4 is 11.1 Å². The van der Waals surface area contributed by atoms with E-state index in [-0.39, 0.29) is 11.9 Å². The Hall–Kier alpha value is -2.97. The molecule has 2 heterocycles. The van der Waals surface area contributed by atoms with Crippen LogP contribution in [0.4, 0.5) is 10.5 Å². The van der Waals surface area contributed by atoms with Crippen molar-refractivity contribution in [3.63, 3.8) is 0 Å². The third kappa shape index (κ3) is 4.90. The molecule has 0 radical (unpaired) electrons. The minimum Gasteiger partial charge on any atom is -0.465 e. The molecule has 1 aliphatic heterocycles. The number of likely N-dealkylation sites (tertiary alicyclic amines) is 1. The monoisotopic (exact) mass is 398 g/mol. The van der Waals surface area contributed by atoms with E-state index in [0.29, 0.717) is 30.5 Å². The highest BCUT2D eigenvalue weighted by molar-refractivity contribution is 5.94. The number of aromatic nitrogens is 1. The molecule has 2 amide bonds. The summed E-state index contributed by atoms with van der Waals surface area (Å²) in [6, 6.07) is 9.42. The van der Waals surface area contributed by atoms with Crippen LogP contribution in [0.2, 0.25) is 0 Å². The molecule has 8 nitrogen and oxygen atoms in total. The summed E-state index contributed by atoms with van der Waals surface area (Å²) in [5, 5.41) is 23.2. The highest BCUT2D eigenvalue weighted by Gasteiger charge is 2.41. The van der Waals surface area contributed by atoms with Gasteiger partial charge in [0.05, 0.1) is 12.1 Å². The van der Waals surface area contributed by atoms with Crippen LogP contribution in [0.15, 0.2) is 48.8 Å². The first kappa shape index (κ1) is 20.8. The lowest BCUT2D eigenvalue weighted by atomic mass is 10.0. The summed E-state index contributed by atoms with van der Waals surface area (Å²) < 4.78 is 0. The molecule has 1 aromatic heterocycles. The molecule has 1 fully saturated rings. The number of carbonyl (C=O) groups excluding carboxylic acids is 1. The highest BCUT2D eigenvalue weighted by Crippen LogP contribution is 2.34. The fourth-order valence-electron chi connectivity index (χ4n) is 3.75. The number of aliphatic hydroxyl groups is 1. The van der Waals surface area contributed by atoms with Crippen LogP contribution in [0.25, 0.3) is 0 Å². The topological polar surface area (TPSA) is 129 Å². The number of aliphatic hydroxyl groups excluding tert-OH is 1. The van der Waals surface area contributed by atoms with Crippen LogP contribution >= 0.6 is 0 Å². The van der Waals surface area contributed by atoms with Crippen LogP contribution in [0.3, 0.4) is 0 Å². The number of rotatable bonds is 6. The fraction of sp³-hybridized carbons (Fsp3) is 0.381.